The number of hydrogen-bond donors (Lipinski definition) is 1. The Morgan fingerprint density at radius 1 is 1.07 bits per heavy atom. The number of benzene rings is 2. The van der Waals surface area contributed by atoms with Crippen LogP contribution < -0.4 is 4.74 Å². The van der Waals surface area contributed by atoms with Crippen molar-refractivity contribution in [1.82, 2.24) is 5.06 Å². The van der Waals surface area contributed by atoms with Gasteiger partial charge < -0.3 is 14.6 Å². The largest absolute Gasteiger partial charge is 0.497 e. The fraction of sp³-hybridized carbons (Fsp3) is 0.381. The third-order valence-corrected chi connectivity index (χ3v) is 4.72. The van der Waals surface area contributed by atoms with E-state index < -0.39 is 18.1 Å². The number of hydrogen-bond acceptors (Lipinski definition) is 5. The van der Waals surface area contributed by atoms with E-state index in [0.29, 0.717) is 19.8 Å². The SMILES string of the molecule is COc1ccc(CON2C[C@@H]([C@H](O)[C@@H](C)OCc3ccccc3)C2=O)cc1. The number of carbonyl (C=O) groups is 1. The molecule has 0 aliphatic carbocycles. The quantitative estimate of drug-likeness (QED) is 0.686. The number of aliphatic hydroxyl groups is 1. The van der Waals surface area contributed by atoms with Crippen molar-refractivity contribution in [2.24, 2.45) is 5.92 Å². The van der Waals surface area contributed by atoms with Crippen LogP contribution >= 0.6 is 0 Å². The molecule has 1 saturated heterocycles. The molecule has 0 radical (unpaired) electrons. The zero-order valence-electron chi connectivity index (χ0n) is 15.6. The monoisotopic (exact) mass is 371 g/mol. The van der Waals surface area contributed by atoms with Crippen LogP contribution in [0.2, 0.25) is 0 Å². The highest BCUT2D eigenvalue weighted by molar-refractivity contribution is 5.84. The molecule has 1 aliphatic rings. The van der Waals surface area contributed by atoms with Gasteiger partial charge in [-0.15, -0.1) is 0 Å². The van der Waals surface area contributed by atoms with E-state index in [2.05, 4.69) is 0 Å². The Morgan fingerprint density at radius 3 is 2.37 bits per heavy atom. The number of β-lactam (4-membered cyclic amide) rings is 1. The van der Waals surface area contributed by atoms with Gasteiger partial charge >= 0.3 is 0 Å². The van der Waals surface area contributed by atoms with E-state index in [-0.39, 0.29) is 5.91 Å². The number of carbonyl (C=O) groups excluding carboxylic acids is 1. The molecule has 1 N–H and O–H groups in total. The molecule has 6 heteroatoms. The number of methoxy groups -OCH3 is 1. The van der Waals surface area contributed by atoms with E-state index in [1.807, 2.05) is 54.6 Å². The lowest BCUT2D eigenvalue weighted by atomic mass is 9.91. The Morgan fingerprint density at radius 2 is 1.74 bits per heavy atom. The van der Waals surface area contributed by atoms with Gasteiger partial charge in [-0.2, -0.15) is 0 Å². The Kier molecular flexibility index (Phi) is 6.45. The minimum Gasteiger partial charge on any atom is -0.497 e. The van der Waals surface area contributed by atoms with Crippen LogP contribution in [0.25, 0.3) is 0 Å². The molecule has 0 saturated carbocycles. The number of nitrogens with zero attached hydrogens (tertiary/aromatic N) is 1. The Balaban J connectivity index is 1.42. The third kappa shape index (κ3) is 4.86. The van der Waals surface area contributed by atoms with Crippen molar-refractivity contribution in [2.75, 3.05) is 13.7 Å². The Labute approximate surface area is 159 Å². The van der Waals surface area contributed by atoms with Crippen molar-refractivity contribution in [2.45, 2.75) is 32.3 Å². The number of ether oxygens (including phenoxy) is 2. The number of hydroxylamine groups is 2. The van der Waals surface area contributed by atoms with Crippen molar-refractivity contribution in [3.05, 3.63) is 65.7 Å². The predicted molar refractivity (Wildman–Crippen MR) is 99.7 cm³/mol. The second-order valence-corrected chi connectivity index (χ2v) is 6.62. The molecular weight excluding hydrogens is 346 g/mol. The number of amides is 1. The highest BCUT2D eigenvalue weighted by Crippen LogP contribution is 2.25. The minimum absolute atomic E-state index is 0.217. The summed E-state index contributed by atoms with van der Waals surface area (Å²) in [6.07, 6.45) is -1.30. The van der Waals surface area contributed by atoms with E-state index in [0.717, 1.165) is 16.9 Å². The highest BCUT2D eigenvalue weighted by Gasteiger charge is 2.44. The molecule has 3 rings (SSSR count). The summed E-state index contributed by atoms with van der Waals surface area (Å²) in [6, 6.07) is 17.2. The van der Waals surface area contributed by atoms with Crippen molar-refractivity contribution in [1.29, 1.82) is 0 Å². The summed E-state index contributed by atoms with van der Waals surface area (Å²) in [7, 11) is 1.61. The predicted octanol–water partition coefficient (Wildman–Crippen LogP) is 2.55. The fourth-order valence-corrected chi connectivity index (χ4v) is 2.89. The molecule has 27 heavy (non-hydrogen) atoms. The first-order valence-electron chi connectivity index (χ1n) is 8.99. The van der Waals surface area contributed by atoms with Crippen LogP contribution in [0, 0.1) is 5.92 Å². The molecule has 0 spiro atoms. The molecule has 1 aliphatic heterocycles. The van der Waals surface area contributed by atoms with Crippen LogP contribution in [-0.4, -0.2) is 41.9 Å². The van der Waals surface area contributed by atoms with Crippen molar-refractivity contribution < 1.29 is 24.2 Å². The van der Waals surface area contributed by atoms with Gasteiger partial charge in [0, 0.05) is 0 Å². The van der Waals surface area contributed by atoms with Gasteiger partial charge in [0.15, 0.2) is 0 Å². The minimum atomic E-state index is -0.859. The van der Waals surface area contributed by atoms with Crippen LogP contribution in [0.1, 0.15) is 18.1 Å². The topological polar surface area (TPSA) is 68.2 Å². The lowest BCUT2D eigenvalue weighted by Crippen LogP contribution is -2.58. The van der Waals surface area contributed by atoms with E-state index in [1.54, 1.807) is 14.0 Å². The maximum absolute atomic E-state index is 12.3. The van der Waals surface area contributed by atoms with Gasteiger partial charge in [0.1, 0.15) is 12.4 Å². The molecule has 144 valence electrons. The summed E-state index contributed by atoms with van der Waals surface area (Å²) in [6.45, 7) is 2.83. The van der Waals surface area contributed by atoms with Crippen molar-refractivity contribution in [3.8, 4) is 5.75 Å². The first-order valence-corrected chi connectivity index (χ1v) is 8.99. The van der Waals surface area contributed by atoms with E-state index in [4.69, 9.17) is 14.3 Å². The molecule has 3 atom stereocenters. The molecule has 0 unspecified atom stereocenters. The lowest BCUT2D eigenvalue weighted by molar-refractivity contribution is -0.238. The maximum atomic E-state index is 12.3. The molecule has 0 aromatic heterocycles. The molecule has 2 aromatic carbocycles. The summed E-state index contributed by atoms with van der Waals surface area (Å²) >= 11 is 0. The lowest BCUT2D eigenvalue weighted by Gasteiger charge is -2.40. The molecule has 2 aromatic rings. The standard InChI is InChI=1S/C21H25NO5/c1-15(26-13-16-6-4-3-5-7-16)20(23)19-12-22(21(19)24)27-14-17-8-10-18(25-2)11-9-17/h3-11,15,19-20,23H,12-14H2,1-2H3/t15-,19+,20-/m1/s1. The first-order chi connectivity index (χ1) is 13.1. The van der Waals surface area contributed by atoms with Gasteiger partial charge in [0.25, 0.3) is 5.91 Å². The van der Waals surface area contributed by atoms with Gasteiger partial charge in [-0.05, 0) is 30.2 Å². The van der Waals surface area contributed by atoms with E-state index in [9.17, 15) is 9.90 Å². The molecule has 1 heterocycles. The van der Waals surface area contributed by atoms with Crippen LogP contribution in [0.15, 0.2) is 54.6 Å². The Hall–Kier alpha value is -2.41. The van der Waals surface area contributed by atoms with E-state index >= 15 is 0 Å². The summed E-state index contributed by atoms with van der Waals surface area (Å²) in [5, 5.41) is 11.7. The average Bonchev–Trinajstić information content (AvgIpc) is 2.71. The molecular formula is C21H25NO5. The summed E-state index contributed by atoms with van der Waals surface area (Å²) in [5.41, 5.74) is 1.97. The smallest absolute Gasteiger partial charge is 0.253 e. The van der Waals surface area contributed by atoms with Crippen LogP contribution in [0.3, 0.4) is 0 Å². The van der Waals surface area contributed by atoms with Crippen molar-refractivity contribution in [3.63, 3.8) is 0 Å². The van der Waals surface area contributed by atoms with Crippen molar-refractivity contribution >= 4 is 5.91 Å². The molecule has 0 bridgehead atoms. The average molecular weight is 371 g/mol. The summed E-state index contributed by atoms with van der Waals surface area (Å²) < 4.78 is 10.8. The summed E-state index contributed by atoms with van der Waals surface area (Å²) in [5.74, 6) is 0.0595. The summed E-state index contributed by atoms with van der Waals surface area (Å²) in [4.78, 5) is 17.8. The number of aliphatic hydroxyl groups excluding tert-OH is 1. The second-order valence-electron chi connectivity index (χ2n) is 6.62. The zero-order chi connectivity index (χ0) is 19.2. The molecule has 6 nitrogen and oxygen atoms in total. The maximum Gasteiger partial charge on any atom is 0.253 e. The number of rotatable bonds is 9. The molecule has 1 amide bonds. The second kappa shape index (κ2) is 8.99. The Bertz CT molecular complexity index is 734. The van der Waals surface area contributed by atoms with Crippen LogP contribution in [0.4, 0.5) is 0 Å². The normalized spacial score (nSPS) is 18.7. The van der Waals surface area contributed by atoms with Gasteiger partial charge in [0.2, 0.25) is 0 Å². The van der Waals surface area contributed by atoms with Gasteiger partial charge in [-0.3, -0.25) is 9.63 Å². The molecule has 1 fully saturated rings. The van der Waals surface area contributed by atoms with Gasteiger partial charge in [0.05, 0.1) is 38.4 Å². The van der Waals surface area contributed by atoms with Gasteiger partial charge in [-0.1, -0.05) is 42.5 Å². The highest BCUT2D eigenvalue weighted by atomic mass is 16.7. The third-order valence-electron chi connectivity index (χ3n) is 4.72. The van der Waals surface area contributed by atoms with Crippen LogP contribution in [-0.2, 0) is 27.6 Å². The first kappa shape index (κ1) is 19.4. The van der Waals surface area contributed by atoms with Crippen LogP contribution in [0.5, 0.6) is 5.75 Å². The zero-order valence-corrected chi connectivity index (χ0v) is 15.6. The van der Waals surface area contributed by atoms with Gasteiger partial charge in [-0.25, -0.2) is 5.06 Å². The fourth-order valence-electron chi connectivity index (χ4n) is 2.89. The van der Waals surface area contributed by atoms with E-state index in [1.165, 1.54) is 5.06 Å².